The number of carbonyl (C=O) groups is 2. The summed E-state index contributed by atoms with van der Waals surface area (Å²) in [6, 6.07) is 18.8. The van der Waals surface area contributed by atoms with Gasteiger partial charge in [0.1, 0.15) is 0 Å². The lowest BCUT2D eigenvalue weighted by molar-refractivity contribution is -0.152. The molecule has 3 N–H and O–H groups in total. The zero-order valence-corrected chi connectivity index (χ0v) is 16.5. The molecule has 3 rings (SSSR count). The minimum Gasteiger partial charge on any atom is -0.452 e. The minimum atomic E-state index is -3.81. The number of amides is 1. The molecule has 0 radical (unpaired) electrons. The first-order valence-corrected chi connectivity index (χ1v) is 10.4. The highest BCUT2D eigenvalue weighted by Crippen LogP contribution is 2.19. The summed E-state index contributed by atoms with van der Waals surface area (Å²) in [6.45, 7) is 1.47. The molecule has 1 amide bonds. The lowest BCUT2D eigenvalue weighted by atomic mass is 10.0. The number of primary sulfonamides is 1. The SMILES string of the molecule is CC(OC(=O)Cc1cccc2ccccc12)C(=O)Nc1ccc(S(N)(=O)=O)cc1. The van der Waals surface area contributed by atoms with Crippen LogP contribution in [0.15, 0.2) is 71.6 Å². The molecule has 1 atom stereocenters. The highest BCUT2D eigenvalue weighted by Gasteiger charge is 2.19. The molecule has 0 saturated heterocycles. The zero-order chi connectivity index (χ0) is 21.0. The van der Waals surface area contributed by atoms with E-state index >= 15 is 0 Å². The van der Waals surface area contributed by atoms with Crippen LogP contribution in [0.25, 0.3) is 10.8 Å². The lowest BCUT2D eigenvalue weighted by Gasteiger charge is -2.14. The number of carbonyl (C=O) groups excluding carboxylic acids is 2. The molecule has 0 aliphatic rings. The molecule has 1 unspecified atom stereocenters. The van der Waals surface area contributed by atoms with Crippen LogP contribution < -0.4 is 10.5 Å². The molecule has 0 bridgehead atoms. The summed E-state index contributed by atoms with van der Waals surface area (Å²) < 4.78 is 27.8. The third-order valence-electron chi connectivity index (χ3n) is 4.34. The van der Waals surface area contributed by atoms with E-state index in [2.05, 4.69) is 5.32 Å². The van der Waals surface area contributed by atoms with Crippen molar-refractivity contribution in [3.8, 4) is 0 Å². The first-order chi connectivity index (χ1) is 13.7. The Morgan fingerprint density at radius 1 is 1.00 bits per heavy atom. The Kier molecular flexibility index (Phi) is 5.95. The summed E-state index contributed by atoms with van der Waals surface area (Å²) in [4.78, 5) is 24.5. The van der Waals surface area contributed by atoms with E-state index in [0.29, 0.717) is 5.69 Å². The van der Waals surface area contributed by atoms with Gasteiger partial charge >= 0.3 is 5.97 Å². The van der Waals surface area contributed by atoms with Gasteiger partial charge in [-0.15, -0.1) is 0 Å². The normalized spacial score (nSPS) is 12.3. The van der Waals surface area contributed by atoms with Gasteiger partial charge in [-0.2, -0.15) is 0 Å². The third kappa shape index (κ3) is 5.18. The fourth-order valence-electron chi connectivity index (χ4n) is 2.87. The van der Waals surface area contributed by atoms with Crippen LogP contribution in [0.4, 0.5) is 5.69 Å². The second-order valence-corrected chi connectivity index (χ2v) is 8.07. The number of esters is 1. The molecular formula is C21H20N2O5S. The van der Waals surface area contributed by atoms with Crippen molar-refractivity contribution >= 4 is 38.4 Å². The first kappa shape index (κ1) is 20.5. The molecular weight excluding hydrogens is 392 g/mol. The third-order valence-corrected chi connectivity index (χ3v) is 5.27. The second-order valence-electron chi connectivity index (χ2n) is 6.51. The van der Waals surface area contributed by atoms with Gasteiger partial charge in [0.2, 0.25) is 10.0 Å². The van der Waals surface area contributed by atoms with Crippen LogP contribution in [0.1, 0.15) is 12.5 Å². The summed E-state index contributed by atoms with van der Waals surface area (Å²) in [5.74, 6) is -1.05. The van der Waals surface area contributed by atoms with E-state index in [1.165, 1.54) is 31.2 Å². The second kappa shape index (κ2) is 8.42. The van der Waals surface area contributed by atoms with Crippen molar-refractivity contribution in [2.24, 2.45) is 5.14 Å². The van der Waals surface area contributed by atoms with Crippen LogP contribution in [0.2, 0.25) is 0 Å². The van der Waals surface area contributed by atoms with Crippen molar-refractivity contribution in [1.29, 1.82) is 0 Å². The number of benzene rings is 3. The molecule has 0 aliphatic carbocycles. The van der Waals surface area contributed by atoms with Crippen molar-refractivity contribution in [3.63, 3.8) is 0 Å². The number of rotatable bonds is 6. The molecule has 8 heteroatoms. The molecule has 150 valence electrons. The van der Waals surface area contributed by atoms with Crippen LogP contribution in [0, 0.1) is 0 Å². The highest BCUT2D eigenvalue weighted by atomic mass is 32.2. The molecule has 0 heterocycles. The van der Waals surface area contributed by atoms with E-state index in [9.17, 15) is 18.0 Å². The van der Waals surface area contributed by atoms with Gasteiger partial charge in [0.15, 0.2) is 6.10 Å². The number of nitrogens with two attached hydrogens (primary N) is 1. The summed E-state index contributed by atoms with van der Waals surface area (Å²) in [5.41, 5.74) is 1.18. The van der Waals surface area contributed by atoms with Crippen LogP contribution >= 0.6 is 0 Å². The van der Waals surface area contributed by atoms with Crippen LogP contribution in [-0.2, 0) is 30.8 Å². The lowest BCUT2D eigenvalue weighted by Crippen LogP contribution is -2.30. The first-order valence-electron chi connectivity index (χ1n) is 8.84. The Morgan fingerprint density at radius 3 is 2.34 bits per heavy atom. The number of hydrogen-bond donors (Lipinski definition) is 2. The van der Waals surface area contributed by atoms with Crippen LogP contribution in [-0.4, -0.2) is 26.4 Å². The van der Waals surface area contributed by atoms with E-state index < -0.39 is 28.0 Å². The molecule has 0 saturated carbocycles. The summed E-state index contributed by atoms with van der Waals surface area (Å²) >= 11 is 0. The average Bonchev–Trinajstić information content (AvgIpc) is 2.68. The molecule has 0 aromatic heterocycles. The van der Waals surface area contributed by atoms with Crippen LogP contribution in [0.5, 0.6) is 0 Å². The molecule has 0 aliphatic heterocycles. The van der Waals surface area contributed by atoms with Gasteiger partial charge in [-0.1, -0.05) is 42.5 Å². The predicted octanol–water partition coefficient (Wildman–Crippen LogP) is 2.60. The predicted molar refractivity (Wildman–Crippen MR) is 110 cm³/mol. The maximum absolute atomic E-state index is 12.3. The van der Waals surface area contributed by atoms with Gasteiger partial charge < -0.3 is 10.1 Å². The molecule has 0 fully saturated rings. The van der Waals surface area contributed by atoms with Crippen molar-refractivity contribution < 1.29 is 22.7 Å². The number of anilines is 1. The number of hydrogen-bond acceptors (Lipinski definition) is 5. The molecule has 3 aromatic rings. The van der Waals surface area contributed by atoms with Crippen molar-refractivity contribution in [2.75, 3.05) is 5.32 Å². The van der Waals surface area contributed by atoms with Crippen molar-refractivity contribution in [2.45, 2.75) is 24.3 Å². The maximum atomic E-state index is 12.3. The topological polar surface area (TPSA) is 116 Å². The van der Waals surface area contributed by atoms with Gasteiger partial charge in [0.25, 0.3) is 5.91 Å². The fraction of sp³-hybridized carbons (Fsp3) is 0.143. The number of fused-ring (bicyclic) bond motifs is 1. The summed E-state index contributed by atoms with van der Waals surface area (Å²) in [6.07, 6.45) is -0.974. The molecule has 0 spiro atoms. The van der Waals surface area contributed by atoms with Gasteiger partial charge in [-0.05, 0) is 47.5 Å². The quantitative estimate of drug-likeness (QED) is 0.604. The number of ether oxygens (including phenoxy) is 1. The highest BCUT2D eigenvalue weighted by molar-refractivity contribution is 7.89. The van der Waals surface area contributed by atoms with Gasteiger partial charge in [0, 0.05) is 5.69 Å². The van der Waals surface area contributed by atoms with Gasteiger partial charge in [-0.25, -0.2) is 13.6 Å². The van der Waals surface area contributed by atoms with E-state index in [-0.39, 0.29) is 11.3 Å². The zero-order valence-electron chi connectivity index (χ0n) is 15.7. The maximum Gasteiger partial charge on any atom is 0.311 e. The fourth-order valence-corrected chi connectivity index (χ4v) is 3.38. The Hall–Kier alpha value is -3.23. The largest absolute Gasteiger partial charge is 0.452 e. The van der Waals surface area contributed by atoms with E-state index in [1.807, 2.05) is 42.5 Å². The monoisotopic (exact) mass is 412 g/mol. The van der Waals surface area contributed by atoms with Crippen molar-refractivity contribution in [3.05, 3.63) is 72.3 Å². The summed E-state index contributed by atoms with van der Waals surface area (Å²) in [7, 11) is -3.81. The molecule has 29 heavy (non-hydrogen) atoms. The van der Waals surface area contributed by atoms with Crippen LogP contribution in [0.3, 0.4) is 0 Å². The van der Waals surface area contributed by atoms with E-state index in [1.54, 1.807) is 0 Å². The Labute approximate surface area is 168 Å². The average molecular weight is 412 g/mol. The number of nitrogens with one attached hydrogen (secondary N) is 1. The number of sulfonamides is 1. The van der Waals surface area contributed by atoms with E-state index in [0.717, 1.165) is 16.3 Å². The minimum absolute atomic E-state index is 0.0437. The van der Waals surface area contributed by atoms with Gasteiger partial charge in [0.05, 0.1) is 11.3 Å². The summed E-state index contributed by atoms with van der Waals surface area (Å²) in [5, 5.41) is 9.58. The smallest absolute Gasteiger partial charge is 0.311 e. The van der Waals surface area contributed by atoms with E-state index in [4.69, 9.17) is 9.88 Å². The van der Waals surface area contributed by atoms with Gasteiger partial charge in [-0.3, -0.25) is 9.59 Å². The Morgan fingerprint density at radius 2 is 1.66 bits per heavy atom. The Balaban J connectivity index is 1.61. The van der Waals surface area contributed by atoms with Crippen molar-refractivity contribution in [1.82, 2.24) is 0 Å². The molecule has 7 nitrogen and oxygen atoms in total. The molecule has 3 aromatic carbocycles. The standard InChI is InChI=1S/C21H20N2O5S/c1-14(21(25)23-17-9-11-18(12-10-17)29(22,26)27)28-20(24)13-16-7-4-6-15-5-2-3-8-19(15)16/h2-12,14H,13H2,1H3,(H,23,25)(H2,22,26,27). The Bertz CT molecular complexity index is 1150.